The summed E-state index contributed by atoms with van der Waals surface area (Å²) in [7, 11) is 0. The van der Waals surface area contributed by atoms with Crippen molar-refractivity contribution in [1.29, 1.82) is 0 Å². The number of halogens is 1. The SMILES string of the molecule is CCN1CCNCC1N1CCc2[nH]nnc2C1.Cl. The summed E-state index contributed by atoms with van der Waals surface area (Å²) in [6.07, 6.45) is 1.55. The molecule has 6 nitrogen and oxygen atoms in total. The molecule has 1 saturated heterocycles. The maximum Gasteiger partial charge on any atom is 0.0997 e. The molecule has 1 unspecified atom stereocenters. The Bertz CT molecular complexity index is 381. The lowest BCUT2D eigenvalue weighted by Gasteiger charge is -2.43. The molecule has 0 radical (unpaired) electrons. The smallest absolute Gasteiger partial charge is 0.0997 e. The number of hydrogen-bond acceptors (Lipinski definition) is 5. The number of nitrogens with one attached hydrogen (secondary N) is 2. The lowest BCUT2D eigenvalue weighted by molar-refractivity contribution is 0.0177. The number of hydrogen-bond donors (Lipinski definition) is 2. The first-order chi connectivity index (χ1) is 8.38. The van der Waals surface area contributed by atoms with Crippen molar-refractivity contribution in [2.24, 2.45) is 0 Å². The summed E-state index contributed by atoms with van der Waals surface area (Å²) in [5.74, 6) is 0. The topological polar surface area (TPSA) is 60.1 Å². The van der Waals surface area contributed by atoms with E-state index in [1.165, 1.54) is 5.69 Å². The second-order valence-electron chi connectivity index (χ2n) is 4.77. The van der Waals surface area contributed by atoms with Crippen LogP contribution in [-0.2, 0) is 13.0 Å². The molecular formula is C11H21ClN6. The average Bonchev–Trinajstić information content (AvgIpc) is 2.85. The van der Waals surface area contributed by atoms with Gasteiger partial charge < -0.3 is 5.32 Å². The molecule has 2 aliphatic heterocycles. The van der Waals surface area contributed by atoms with Crippen molar-refractivity contribution in [1.82, 2.24) is 30.5 Å². The van der Waals surface area contributed by atoms with Gasteiger partial charge in [-0.2, -0.15) is 0 Å². The number of aromatic amines is 1. The normalized spacial score (nSPS) is 25.5. The van der Waals surface area contributed by atoms with Crippen molar-refractivity contribution in [2.45, 2.75) is 26.1 Å². The fourth-order valence-corrected chi connectivity index (χ4v) is 2.84. The molecule has 0 aliphatic carbocycles. The first-order valence-electron chi connectivity index (χ1n) is 6.46. The van der Waals surface area contributed by atoms with Crippen LogP contribution in [0, 0.1) is 0 Å². The third-order valence-corrected chi connectivity index (χ3v) is 3.86. The van der Waals surface area contributed by atoms with Crippen molar-refractivity contribution in [3.8, 4) is 0 Å². The zero-order valence-corrected chi connectivity index (χ0v) is 11.5. The summed E-state index contributed by atoms with van der Waals surface area (Å²) in [6, 6.07) is 0. The monoisotopic (exact) mass is 272 g/mol. The molecule has 2 N–H and O–H groups in total. The Morgan fingerprint density at radius 1 is 1.39 bits per heavy atom. The quantitative estimate of drug-likeness (QED) is 0.783. The van der Waals surface area contributed by atoms with Gasteiger partial charge in [-0.25, -0.2) is 0 Å². The minimum absolute atomic E-state index is 0. The molecule has 3 heterocycles. The predicted molar refractivity (Wildman–Crippen MR) is 71.6 cm³/mol. The molecular weight excluding hydrogens is 252 g/mol. The zero-order valence-electron chi connectivity index (χ0n) is 10.7. The summed E-state index contributed by atoms with van der Waals surface area (Å²) in [5, 5.41) is 14.5. The molecule has 102 valence electrons. The van der Waals surface area contributed by atoms with Crippen molar-refractivity contribution < 1.29 is 0 Å². The van der Waals surface area contributed by atoms with E-state index in [1.54, 1.807) is 0 Å². The van der Waals surface area contributed by atoms with Gasteiger partial charge in [0.25, 0.3) is 0 Å². The number of aromatic nitrogens is 3. The van der Waals surface area contributed by atoms with Crippen LogP contribution in [-0.4, -0.2) is 64.1 Å². The van der Waals surface area contributed by atoms with Crippen LogP contribution in [0.3, 0.4) is 0 Å². The highest BCUT2D eigenvalue weighted by Crippen LogP contribution is 2.18. The molecule has 0 bridgehead atoms. The minimum Gasteiger partial charge on any atom is -0.313 e. The van der Waals surface area contributed by atoms with E-state index in [-0.39, 0.29) is 12.4 Å². The Labute approximate surface area is 114 Å². The van der Waals surface area contributed by atoms with Crippen LogP contribution in [0.25, 0.3) is 0 Å². The van der Waals surface area contributed by atoms with Gasteiger partial charge in [0.1, 0.15) is 0 Å². The van der Waals surface area contributed by atoms with E-state index in [9.17, 15) is 0 Å². The molecule has 1 fully saturated rings. The predicted octanol–water partition coefficient (Wildman–Crippen LogP) is -0.164. The number of fused-ring (bicyclic) bond motifs is 1. The largest absolute Gasteiger partial charge is 0.313 e. The summed E-state index contributed by atoms with van der Waals surface area (Å²) in [5.41, 5.74) is 2.34. The van der Waals surface area contributed by atoms with Gasteiger partial charge in [0, 0.05) is 39.1 Å². The fourth-order valence-electron chi connectivity index (χ4n) is 2.84. The van der Waals surface area contributed by atoms with E-state index in [1.807, 2.05) is 0 Å². The van der Waals surface area contributed by atoms with Crippen LogP contribution >= 0.6 is 12.4 Å². The number of H-pyrrole nitrogens is 1. The Balaban J connectivity index is 0.00000120. The van der Waals surface area contributed by atoms with Crippen molar-refractivity contribution in [3.05, 3.63) is 11.4 Å². The number of piperazine rings is 1. The van der Waals surface area contributed by atoms with Gasteiger partial charge in [-0.15, -0.1) is 17.5 Å². The molecule has 1 aromatic rings. The third kappa shape index (κ3) is 2.51. The molecule has 0 saturated carbocycles. The maximum absolute atomic E-state index is 4.17. The van der Waals surface area contributed by atoms with Crippen LogP contribution in [0.5, 0.6) is 0 Å². The number of nitrogens with zero attached hydrogens (tertiary/aromatic N) is 4. The van der Waals surface area contributed by atoms with Gasteiger partial charge in [-0.1, -0.05) is 12.1 Å². The Morgan fingerprint density at radius 3 is 3.11 bits per heavy atom. The van der Waals surface area contributed by atoms with Crippen molar-refractivity contribution >= 4 is 12.4 Å². The highest BCUT2D eigenvalue weighted by molar-refractivity contribution is 5.85. The second-order valence-corrected chi connectivity index (χ2v) is 4.77. The van der Waals surface area contributed by atoms with Crippen LogP contribution in [0.2, 0.25) is 0 Å². The highest BCUT2D eigenvalue weighted by atomic mass is 35.5. The van der Waals surface area contributed by atoms with E-state index < -0.39 is 0 Å². The molecule has 0 spiro atoms. The second kappa shape index (κ2) is 5.97. The van der Waals surface area contributed by atoms with Gasteiger partial charge in [-0.3, -0.25) is 14.9 Å². The van der Waals surface area contributed by atoms with Crippen LogP contribution < -0.4 is 5.32 Å². The fraction of sp³-hybridized carbons (Fsp3) is 0.818. The lowest BCUT2D eigenvalue weighted by Crippen LogP contribution is -2.59. The molecule has 0 amide bonds. The van der Waals surface area contributed by atoms with Gasteiger partial charge in [0.2, 0.25) is 0 Å². The molecule has 3 rings (SSSR count). The van der Waals surface area contributed by atoms with Crippen molar-refractivity contribution in [2.75, 3.05) is 32.7 Å². The third-order valence-electron chi connectivity index (χ3n) is 3.86. The molecule has 18 heavy (non-hydrogen) atoms. The first kappa shape index (κ1) is 13.7. The van der Waals surface area contributed by atoms with Crippen molar-refractivity contribution in [3.63, 3.8) is 0 Å². The van der Waals surface area contributed by atoms with Crippen LogP contribution in [0.15, 0.2) is 0 Å². The highest BCUT2D eigenvalue weighted by Gasteiger charge is 2.30. The summed E-state index contributed by atoms with van der Waals surface area (Å²) in [4.78, 5) is 5.06. The Morgan fingerprint density at radius 2 is 2.28 bits per heavy atom. The number of rotatable bonds is 2. The standard InChI is InChI=1S/C11H20N6.ClH/c1-2-16-6-4-12-7-11(16)17-5-3-9-10(8-17)14-15-13-9;/h11-12H,2-8H2,1H3,(H,13,14,15);1H. The van der Waals surface area contributed by atoms with E-state index in [2.05, 4.69) is 37.5 Å². The molecule has 1 atom stereocenters. The lowest BCUT2D eigenvalue weighted by atomic mass is 10.1. The Hall–Kier alpha value is -0.690. The molecule has 2 aliphatic rings. The van der Waals surface area contributed by atoms with Gasteiger partial charge >= 0.3 is 0 Å². The van der Waals surface area contributed by atoms with Gasteiger partial charge in [0.05, 0.1) is 17.6 Å². The van der Waals surface area contributed by atoms with Gasteiger partial charge in [0.15, 0.2) is 0 Å². The summed E-state index contributed by atoms with van der Waals surface area (Å²) >= 11 is 0. The molecule has 1 aromatic heterocycles. The molecule has 7 heteroatoms. The minimum atomic E-state index is 0. The first-order valence-corrected chi connectivity index (χ1v) is 6.46. The van der Waals surface area contributed by atoms with Gasteiger partial charge in [-0.05, 0) is 6.54 Å². The Kier molecular flexibility index (Phi) is 4.55. The summed E-state index contributed by atoms with van der Waals surface area (Å²) in [6.45, 7) is 8.68. The van der Waals surface area contributed by atoms with Crippen LogP contribution in [0.4, 0.5) is 0 Å². The van der Waals surface area contributed by atoms with E-state index in [0.29, 0.717) is 6.17 Å². The molecule has 0 aromatic carbocycles. The van der Waals surface area contributed by atoms with E-state index in [0.717, 1.165) is 51.4 Å². The average molecular weight is 273 g/mol. The summed E-state index contributed by atoms with van der Waals surface area (Å²) < 4.78 is 0. The zero-order chi connectivity index (χ0) is 11.7. The van der Waals surface area contributed by atoms with E-state index >= 15 is 0 Å². The van der Waals surface area contributed by atoms with Crippen LogP contribution in [0.1, 0.15) is 18.3 Å². The number of likely N-dealkylation sites (N-methyl/N-ethyl adjacent to an activating group) is 1. The maximum atomic E-state index is 4.17. The van der Waals surface area contributed by atoms with E-state index in [4.69, 9.17) is 0 Å².